The molecule has 1 aliphatic rings. The number of amidine groups is 1. The van der Waals surface area contributed by atoms with E-state index in [4.69, 9.17) is 4.74 Å². The molecule has 0 fully saturated rings. The predicted octanol–water partition coefficient (Wildman–Crippen LogP) is 2.73. The number of nitrogens with zero attached hydrogens (tertiary/aromatic N) is 2. The fourth-order valence-corrected chi connectivity index (χ4v) is 3.53. The molecule has 1 aliphatic heterocycles. The smallest absolute Gasteiger partial charge is 0.302 e. The average molecular weight is 457 g/mol. The van der Waals surface area contributed by atoms with Crippen LogP contribution in [0.5, 0.6) is 5.75 Å². The van der Waals surface area contributed by atoms with Gasteiger partial charge in [-0.25, -0.2) is 0 Å². The highest BCUT2D eigenvalue weighted by Gasteiger charge is 2.54. The van der Waals surface area contributed by atoms with Crippen molar-refractivity contribution in [2.45, 2.75) is 12.6 Å². The Balaban J connectivity index is 1.79. The highest BCUT2D eigenvalue weighted by molar-refractivity contribution is 6.28. The maximum atomic E-state index is 13.8. The van der Waals surface area contributed by atoms with Crippen molar-refractivity contribution >= 4 is 34.9 Å². The average Bonchev–Trinajstić information content (AvgIpc) is 3.10. The molecule has 1 unspecified atom stereocenters. The summed E-state index contributed by atoms with van der Waals surface area (Å²) in [7, 11) is 1.54. The largest absolute Gasteiger partial charge is 0.497 e. The van der Waals surface area contributed by atoms with Crippen molar-refractivity contribution in [1.82, 2.24) is 10.6 Å². The molecule has 0 aromatic heterocycles. The third-order valence-electron chi connectivity index (χ3n) is 5.12. The van der Waals surface area contributed by atoms with Crippen molar-refractivity contribution in [1.29, 1.82) is 0 Å². The first kappa shape index (κ1) is 22.5. The number of hydrogen-bond donors (Lipinski definition) is 3. The van der Waals surface area contributed by atoms with Crippen LogP contribution in [0.25, 0.3) is 0 Å². The van der Waals surface area contributed by atoms with Gasteiger partial charge in [0.1, 0.15) is 5.75 Å². The van der Waals surface area contributed by atoms with Crippen LogP contribution < -0.4 is 25.7 Å². The number of rotatable bonds is 6. The third-order valence-corrected chi connectivity index (χ3v) is 5.12. The van der Waals surface area contributed by atoms with Gasteiger partial charge in [-0.2, -0.15) is 5.01 Å². The zero-order chi connectivity index (χ0) is 24.1. The first-order valence-corrected chi connectivity index (χ1v) is 10.5. The van der Waals surface area contributed by atoms with E-state index in [1.165, 1.54) is 14.0 Å². The number of hydrazone groups is 1. The lowest BCUT2D eigenvalue weighted by atomic mass is 10.1. The fraction of sp³-hybridized carbons (Fsp3) is 0.120. The van der Waals surface area contributed by atoms with Gasteiger partial charge in [-0.05, 0) is 48.5 Å². The van der Waals surface area contributed by atoms with Gasteiger partial charge in [0.05, 0.1) is 12.8 Å². The van der Waals surface area contributed by atoms with Crippen LogP contribution in [-0.2, 0) is 9.59 Å². The Bertz CT molecular complexity index is 1230. The molecule has 34 heavy (non-hydrogen) atoms. The van der Waals surface area contributed by atoms with E-state index in [0.29, 0.717) is 22.7 Å². The predicted molar refractivity (Wildman–Crippen MR) is 128 cm³/mol. The van der Waals surface area contributed by atoms with Crippen LogP contribution in [0.4, 0.5) is 11.4 Å². The van der Waals surface area contributed by atoms with Gasteiger partial charge in [0.2, 0.25) is 5.91 Å². The monoisotopic (exact) mass is 457 g/mol. The van der Waals surface area contributed by atoms with Crippen molar-refractivity contribution in [2.24, 2.45) is 5.10 Å². The lowest BCUT2D eigenvalue weighted by Crippen LogP contribution is -2.67. The Kier molecular flexibility index (Phi) is 6.26. The van der Waals surface area contributed by atoms with Gasteiger partial charge in [-0.15, -0.1) is 5.10 Å². The summed E-state index contributed by atoms with van der Waals surface area (Å²) in [5, 5.41) is 14.0. The maximum Gasteiger partial charge on any atom is 0.302 e. The molecule has 3 amide bonds. The first-order chi connectivity index (χ1) is 16.4. The van der Waals surface area contributed by atoms with Crippen molar-refractivity contribution in [3.8, 4) is 5.75 Å². The maximum absolute atomic E-state index is 13.8. The SMILES string of the molecule is COc1ccc(N2N=C(NC(=O)c3ccccc3)C(NC(C)=O)(Nc3ccccc3)C2=O)cc1. The van der Waals surface area contributed by atoms with Crippen LogP contribution in [-0.4, -0.2) is 36.3 Å². The number of benzene rings is 3. The van der Waals surface area contributed by atoms with Gasteiger partial charge in [-0.1, -0.05) is 36.4 Å². The summed E-state index contributed by atoms with van der Waals surface area (Å²) in [5.41, 5.74) is -0.503. The Morgan fingerprint density at radius 1 is 0.912 bits per heavy atom. The molecule has 9 heteroatoms. The van der Waals surface area contributed by atoms with Gasteiger partial charge in [-0.3, -0.25) is 14.4 Å². The van der Waals surface area contributed by atoms with Crippen molar-refractivity contribution < 1.29 is 19.1 Å². The number of amides is 3. The molecule has 172 valence electrons. The number of para-hydroxylation sites is 1. The minimum absolute atomic E-state index is 0.0683. The summed E-state index contributed by atoms with van der Waals surface area (Å²) >= 11 is 0. The minimum atomic E-state index is -1.85. The van der Waals surface area contributed by atoms with Crippen LogP contribution in [0, 0.1) is 0 Å². The topological polar surface area (TPSA) is 112 Å². The van der Waals surface area contributed by atoms with Crippen molar-refractivity contribution in [3.05, 3.63) is 90.5 Å². The second kappa shape index (κ2) is 9.45. The summed E-state index contributed by atoms with van der Waals surface area (Å²) in [6.07, 6.45) is 0. The Hall–Kier alpha value is -4.66. The van der Waals surface area contributed by atoms with Crippen LogP contribution >= 0.6 is 0 Å². The number of anilines is 2. The van der Waals surface area contributed by atoms with Crippen molar-refractivity contribution in [3.63, 3.8) is 0 Å². The van der Waals surface area contributed by atoms with Crippen LogP contribution in [0.2, 0.25) is 0 Å². The fourth-order valence-electron chi connectivity index (χ4n) is 3.53. The lowest BCUT2D eigenvalue weighted by molar-refractivity contribution is -0.127. The van der Waals surface area contributed by atoms with E-state index in [1.807, 2.05) is 6.07 Å². The van der Waals surface area contributed by atoms with E-state index in [-0.39, 0.29) is 5.84 Å². The molecule has 0 saturated heterocycles. The molecule has 9 nitrogen and oxygen atoms in total. The van der Waals surface area contributed by atoms with E-state index in [1.54, 1.807) is 78.9 Å². The minimum Gasteiger partial charge on any atom is -0.497 e. The quantitative estimate of drug-likeness (QED) is 0.493. The molecule has 3 aromatic carbocycles. The highest BCUT2D eigenvalue weighted by Crippen LogP contribution is 2.29. The van der Waals surface area contributed by atoms with Crippen molar-refractivity contribution in [2.75, 3.05) is 17.4 Å². The molecule has 0 spiro atoms. The molecule has 3 N–H and O–H groups in total. The second-order valence-corrected chi connectivity index (χ2v) is 7.51. The van der Waals surface area contributed by atoms with E-state index in [9.17, 15) is 14.4 Å². The molecule has 0 radical (unpaired) electrons. The van der Waals surface area contributed by atoms with E-state index < -0.39 is 23.4 Å². The van der Waals surface area contributed by atoms with E-state index >= 15 is 0 Å². The van der Waals surface area contributed by atoms with Gasteiger partial charge in [0, 0.05) is 18.2 Å². The summed E-state index contributed by atoms with van der Waals surface area (Å²) in [6.45, 7) is 1.29. The zero-order valence-corrected chi connectivity index (χ0v) is 18.6. The third kappa shape index (κ3) is 4.44. The molecular formula is C25H23N5O4. The Morgan fingerprint density at radius 3 is 2.12 bits per heavy atom. The molecule has 3 aromatic rings. The molecule has 0 bridgehead atoms. The van der Waals surface area contributed by atoms with Gasteiger partial charge < -0.3 is 20.7 Å². The summed E-state index contributed by atoms with van der Waals surface area (Å²) < 4.78 is 5.19. The standard InChI is InChI=1S/C25H23N5O4/c1-17(31)27-25(28-19-11-7-4-8-12-19)23(26-22(32)18-9-5-3-6-10-18)29-30(24(25)33)20-13-15-21(34-2)16-14-20/h3-16,28H,1-2H3,(H,27,31)(H,26,29,32). The van der Waals surface area contributed by atoms with E-state index in [0.717, 1.165) is 5.01 Å². The molecule has 4 rings (SSSR count). The second-order valence-electron chi connectivity index (χ2n) is 7.51. The molecule has 1 heterocycles. The number of carbonyl (C=O) groups excluding carboxylic acids is 3. The number of ether oxygens (including phenoxy) is 1. The molecule has 0 aliphatic carbocycles. The van der Waals surface area contributed by atoms with Gasteiger partial charge in [0.15, 0.2) is 5.84 Å². The summed E-state index contributed by atoms with van der Waals surface area (Å²) in [6, 6.07) is 24.1. The first-order valence-electron chi connectivity index (χ1n) is 10.5. The summed E-state index contributed by atoms with van der Waals surface area (Å²) in [5.74, 6) is -1.03. The number of nitrogens with one attached hydrogen (secondary N) is 3. The molecular weight excluding hydrogens is 434 g/mol. The zero-order valence-electron chi connectivity index (χ0n) is 18.6. The van der Waals surface area contributed by atoms with Gasteiger partial charge >= 0.3 is 5.91 Å². The number of methoxy groups -OCH3 is 1. The van der Waals surface area contributed by atoms with Crippen LogP contribution in [0.15, 0.2) is 90.0 Å². The van der Waals surface area contributed by atoms with Crippen LogP contribution in [0.1, 0.15) is 17.3 Å². The van der Waals surface area contributed by atoms with Crippen LogP contribution in [0.3, 0.4) is 0 Å². The lowest BCUT2D eigenvalue weighted by Gasteiger charge is -2.31. The molecule has 0 saturated carbocycles. The summed E-state index contributed by atoms with van der Waals surface area (Å²) in [4.78, 5) is 39.0. The van der Waals surface area contributed by atoms with E-state index in [2.05, 4.69) is 21.1 Å². The van der Waals surface area contributed by atoms with Gasteiger partial charge in [0.25, 0.3) is 11.6 Å². The highest BCUT2D eigenvalue weighted by atomic mass is 16.5. The Morgan fingerprint density at radius 2 is 1.53 bits per heavy atom. The Labute approximate surface area is 196 Å². The normalized spacial score (nSPS) is 17.1. The number of hydrogen-bond acceptors (Lipinski definition) is 6. The number of carbonyl (C=O) groups is 3. The molecule has 1 atom stereocenters.